The van der Waals surface area contributed by atoms with Gasteiger partial charge in [-0.25, -0.2) is 0 Å². The van der Waals surface area contributed by atoms with E-state index in [4.69, 9.17) is 5.11 Å². The largest absolute Gasteiger partial charge is 0.508 e. The van der Waals surface area contributed by atoms with Gasteiger partial charge in [-0.05, 0) is 55.5 Å². The second-order valence-corrected chi connectivity index (χ2v) is 4.36. The van der Waals surface area contributed by atoms with Crippen molar-refractivity contribution in [1.29, 1.82) is 0 Å². The number of aromatic hydroxyl groups is 1. The quantitative estimate of drug-likeness (QED) is 0.664. The predicted molar refractivity (Wildman–Crippen MR) is 63.5 cm³/mol. The molecule has 1 atom stereocenters. The molecule has 1 aliphatic carbocycles. The number of nitrogens with one attached hydrogen (secondary N) is 1. The number of fused-ring (bicyclic) bond motifs is 1. The van der Waals surface area contributed by atoms with Gasteiger partial charge >= 0.3 is 0 Å². The minimum Gasteiger partial charge on any atom is -0.508 e. The topological polar surface area (TPSA) is 52.5 Å². The minimum atomic E-state index is 0.275. The normalized spacial score (nSPS) is 18.7. The second-order valence-electron chi connectivity index (χ2n) is 4.36. The van der Waals surface area contributed by atoms with Crippen molar-refractivity contribution in [3.05, 3.63) is 29.3 Å². The Kier molecular flexibility index (Phi) is 3.80. The van der Waals surface area contributed by atoms with Crippen molar-refractivity contribution >= 4 is 0 Å². The number of rotatable bonds is 5. The monoisotopic (exact) mass is 221 g/mol. The fraction of sp³-hybridized carbons (Fsp3) is 0.538. The van der Waals surface area contributed by atoms with Gasteiger partial charge in [0.05, 0.1) is 0 Å². The Bertz CT molecular complexity index is 352. The summed E-state index contributed by atoms with van der Waals surface area (Å²) in [5.41, 5.74) is 2.58. The first kappa shape index (κ1) is 11.4. The lowest BCUT2D eigenvalue weighted by molar-refractivity contribution is 0.282. The van der Waals surface area contributed by atoms with Crippen LogP contribution < -0.4 is 5.32 Å². The fourth-order valence-electron chi connectivity index (χ4n) is 2.33. The Hall–Kier alpha value is -1.06. The molecule has 88 valence electrons. The lowest BCUT2D eigenvalue weighted by Gasteiger charge is -2.13. The fourth-order valence-corrected chi connectivity index (χ4v) is 2.33. The Labute approximate surface area is 96.1 Å². The molecule has 0 spiro atoms. The van der Waals surface area contributed by atoms with Crippen LogP contribution in [0.2, 0.25) is 0 Å². The summed E-state index contributed by atoms with van der Waals surface area (Å²) in [6.45, 7) is 1.22. The van der Waals surface area contributed by atoms with E-state index in [0.29, 0.717) is 11.8 Å². The Morgan fingerprint density at radius 2 is 2.19 bits per heavy atom. The zero-order valence-corrected chi connectivity index (χ0v) is 9.45. The SMILES string of the molecule is OCCCCNC1CCc2cc(O)ccc21. The highest BCUT2D eigenvalue weighted by atomic mass is 16.3. The predicted octanol–water partition coefficient (Wildman–Crippen LogP) is 1.74. The summed E-state index contributed by atoms with van der Waals surface area (Å²) in [5, 5.41) is 21.6. The maximum atomic E-state index is 9.38. The lowest BCUT2D eigenvalue weighted by Crippen LogP contribution is -2.20. The van der Waals surface area contributed by atoms with Crippen molar-refractivity contribution in [3.8, 4) is 5.75 Å². The molecular weight excluding hydrogens is 202 g/mol. The molecule has 1 unspecified atom stereocenters. The van der Waals surface area contributed by atoms with E-state index in [-0.39, 0.29) is 6.61 Å². The second kappa shape index (κ2) is 5.32. The maximum Gasteiger partial charge on any atom is 0.115 e. The van der Waals surface area contributed by atoms with Crippen LogP contribution >= 0.6 is 0 Å². The Balaban J connectivity index is 1.91. The van der Waals surface area contributed by atoms with Crippen LogP contribution in [-0.2, 0) is 6.42 Å². The number of aliphatic hydroxyl groups is 1. The molecule has 0 fully saturated rings. The molecule has 3 heteroatoms. The van der Waals surface area contributed by atoms with Crippen LogP contribution in [0.3, 0.4) is 0 Å². The van der Waals surface area contributed by atoms with Crippen LogP contribution in [0.5, 0.6) is 5.75 Å². The Morgan fingerprint density at radius 3 is 3.00 bits per heavy atom. The van der Waals surface area contributed by atoms with E-state index in [1.54, 1.807) is 6.07 Å². The molecule has 0 saturated heterocycles. The van der Waals surface area contributed by atoms with Gasteiger partial charge in [0.1, 0.15) is 5.75 Å². The van der Waals surface area contributed by atoms with Crippen molar-refractivity contribution in [2.45, 2.75) is 31.7 Å². The van der Waals surface area contributed by atoms with E-state index < -0.39 is 0 Å². The van der Waals surface area contributed by atoms with Gasteiger partial charge in [0, 0.05) is 12.6 Å². The van der Waals surface area contributed by atoms with Gasteiger partial charge in [-0.1, -0.05) is 6.07 Å². The number of aryl methyl sites for hydroxylation is 1. The summed E-state index contributed by atoms with van der Waals surface area (Å²) in [6, 6.07) is 6.06. The number of benzene rings is 1. The van der Waals surface area contributed by atoms with Crippen molar-refractivity contribution in [1.82, 2.24) is 5.32 Å². The molecule has 0 radical (unpaired) electrons. The van der Waals surface area contributed by atoms with Crippen LogP contribution in [0.1, 0.15) is 36.4 Å². The first-order valence-corrected chi connectivity index (χ1v) is 5.97. The van der Waals surface area contributed by atoms with Gasteiger partial charge in [0.2, 0.25) is 0 Å². The third-order valence-corrected chi connectivity index (χ3v) is 3.18. The Morgan fingerprint density at radius 1 is 1.31 bits per heavy atom. The number of hydrogen-bond acceptors (Lipinski definition) is 3. The summed E-state index contributed by atoms with van der Waals surface area (Å²) < 4.78 is 0. The third-order valence-electron chi connectivity index (χ3n) is 3.18. The van der Waals surface area contributed by atoms with Crippen molar-refractivity contribution in [3.63, 3.8) is 0 Å². The zero-order valence-electron chi connectivity index (χ0n) is 9.45. The number of phenolic OH excluding ortho intramolecular Hbond substituents is 1. The highest BCUT2D eigenvalue weighted by molar-refractivity contribution is 5.39. The molecular formula is C13H19NO2. The highest BCUT2D eigenvalue weighted by Crippen LogP contribution is 2.33. The minimum absolute atomic E-state index is 0.275. The molecule has 0 heterocycles. The number of unbranched alkanes of at least 4 members (excludes halogenated alkanes) is 1. The molecule has 0 aromatic heterocycles. The molecule has 1 aliphatic rings. The molecule has 1 aromatic rings. The van der Waals surface area contributed by atoms with E-state index in [1.165, 1.54) is 11.1 Å². The van der Waals surface area contributed by atoms with Crippen LogP contribution in [0.4, 0.5) is 0 Å². The molecule has 3 nitrogen and oxygen atoms in total. The first-order chi connectivity index (χ1) is 7.81. The van der Waals surface area contributed by atoms with E-state index in [9.17, 15) is 5.11 Å². The van der Waals surface area contributed by atoms with Crippen molar-refractivity contribution in [2.24, 2.45) is 0 Å². The molecule has 0 bridgehead atoms. The van der Waals surface area contributed by atoms with Gasteiger partial charge in [-0.3, -0.25) is 0 Å². The highest BCUT2D eigenvalue weighted by Gasteiger charge is 2.21. The van der Waals surface area contributed by atoms with Crippen LogP contribution in [0.15, 0.2) is 18.2 Å². The van der Waals surface area contributed by atoms with Crippen LogP contribution in [-0.4, -0.2) is 23.4 Å². The number of aliphatic hydroxyl groups excluding tert-OH is 1. The van der Waals surface area contributed by atoms with E-state index >= 15 is 0 Å². The van der Waals surface area contributed by atoms with Gasteiger partial charge < -0.3 is 15.5 Å². The molecule has 3 N–H and O–H groups in total. The maximum absolute atomic E-state index is 9.38. The van der Waals surface area contributed by atoms with E-state index in [1.807, 2.05) is 12.1 Å². The van der Waals surface area contributed by atoms with Gasteiger partial charge in [0.15, 0.2) is 0 Å². The average Bonchev–Trinajstić information content (AvgIpc) is 2.67. The van der Waals surface area contributed by atoms with E-state index in [0.717, 1.165) is 32.2 Å². The number of hydrogen-bond donors (Lipinski definition) is 3. The van der Waals surface area contributed by atoms with Crippen LogP contribution in [0, 0.1) is 0 Å². The molecule has 16 heavy (non-hydrogen) atoms. The van der Waals surface area contributed by atoms with Crippen LogP contribution in [0.25, 0.3) is 0 Å². The van der Waals surface area contributed by atoms with Gasteiger partial charge in [-0.15, -0.1) is 0 Å². The molecule has 0 aliphatic heterocycles. The number of phenols is 1. The molecule has 2 rings (SSSR count). The van der Waals surface area contributed by atoms with Gasteiger partial charge in [-0.2, -0.15) is 0 Å². The summed E-state index contributed by atoms with van der Waals surface area (Å²) >= 11 is 0. The van der Waals surface area contributed by atoms with E-state index in [2.05, 4.69) is 5.32 Å². The smallest absolute Gasteiger partial charge is 0.115 e. The lowest BCUT2D eigenvalue weighted by atomic mass is 10.1. The summed E-state index contributed by atoms with van der Waals surface area (Å²) in [6.07, 6.45) is 4.03. The average molecular weight is 221 g/mol. The first-order valence-electron chi connectivity index (χ1n) is 5.97. The molecule has 0 saturated carbocycles. The zero-order chi connectivity index (χ0) is 11.4. The third kappa shape index (κ3) is 2.54. The van der Waals surface area contributed by atoms with Gasteiger partial charge in [0.25, 0.3) is 0 Å². The summed E-state index contributed by atoms with van der Waals surface area (Å²) in [7, 11) is 0. The van der Waals surface area contributed by atoms with Crippen molar-refractivity contribution in [2.75, 3.05) is 13.2 Å². The molecule has 0 amide bonds. The van der Waals surface area contributed by atoms with Crippen molar-refractivity contribution < 1.29 is 10.2 Å². The summed E-state index contributed by atoms with van der Waals surface area (Å²) in [4.78, 5) is 0. The standard InChI is InChI=1S/C13H19NO2/c15-8-2-1-7-14-13-6-3-10-9-11(16)4-5-12(10)13/h4-5,9,13-16H,1-3,6-8H2. The summed E-state index contributed by atoms with van der Waals surface area (Å²) in [5.74, 6) is 0.361. The molecule has 1 aromatic carbocycles.